The van der Waals surface area contributed by atoms with Crippen molar-refractivity contribution in [3.05, 3.63) is 78.5 Å². The molecule has 0 atom stereocenters. The van der Waals surface area contributed by atoms with Gasteiger partial charge in [-0.2, -0.15) is 5.10 Å². The Morgan fingerprint density at radius 1 is 0.917 bits per heavy atom. The highest BCUT2D eigenvalue weighted by Crippen LogP contribution is 2.35. The molecule has 4 aromatic rings. The van der Waals surface area contributed by atoms with Crippen molar-refractivity contribution in [3.63, 3.8) is 0 Å². The first kappa shape index (κ1) is 14.5. The Labute approximate surface area is 138 Å². The molecule has 0 radical (unpaired) electrons. The smallest absolute Gasteiger partial charge is 0.123 e. The monoisotopic (exact) mass is 318 g/mol. The van der Waals surface area contributed by atoms with E-state index in [1.807, 2.05) is 34.8 Å². The Bertz CT molecular complexity index is 991. The fourth-order valence-corrected chi connectivity index (χ4v) is 2.89. The predicted molar refractivity (Wildman–Crippen MR) is 91.7 cm³/mol. The molecule has 0 spiro atoms. The third kappa shape index (κ3) is 2.35. The summed E-state index contributed by atoms with van der Waals surface area (Å²) in [5, 5.41) is 4.75. The minimum Gasteiger partial charge on any atom is -0.325 e. The number of fused-ring (bicyclic) bond motifs is 1. The molecular weight excluding hydrogens is 303 g/mol. The van der Waals surface area contributed by atoms with Crippen LogP contribution in [-0.2, 0) is 6.54 Å². The number of hydrogen-bond acceptors (Lipinski definition) is 3. The van der Waals surface area contributed by atoms with Crippen LogP contribution in [0.2, 0.25) is 0 Å². The first-order chi connectivity index (χ1) is 11.8. The van der Waals surface area contributed by atoms with E-state index in [0.717, 1.165) is 33.6 Å². The molecule has 0 unspecified atom stereocenters. The molecule has 5 heteroatoms. The molecule has 2 N–H and O–H groups in total. The van der Waals surface area contributed by atoms with Gasteiger partial charge in [-0.3, -0.25) is 4.98 Å². The van der Waals surface area contributed by atoms with E-state index in [9.17, 15) is 4.39 Å². The molecule has 0 aliphatic heterocycles. The van der Waals surface area contributed by atoms with Gasteiger partial charge in [0, 0.05) is 30.1 Å². The van der Waals surface area contributed by atoms with Crippen molar-refractivity contribution >= 4 is 5.52 Å². The molecule has 0 saturated carbocycles. The van der Waals surface area contributed by atoms with Crippen LogP contribution in [0.1, 0.15) is 5.69 Å². The molecule has 24 heavy (non-hydrogen) atoms. The maximum Gasteiger partial charge on any atom is 0.123 e. The summed E-state index contributed by atoms with van der Waals surface area (Å²) in [6, 6.07) is 16.2. The number of nitrogens with two attached hydrogens (primary N) is 1. The number of hydrogen-bond donors (Lipinski definition) is 1. The van der Waals surface area contributed by atoms with E-state index in [-0.39, 0.29) is 5.82 Å². The Hall–Kier alpha value is -3.05. The van der Waals surface area contributed by atoms with E-state index < -0.39 is 0 Å². The van der Waals surface area contributed by atoms with Gasteiger partial charge in [-0.15, -0.1) is 0 Å². The third-order valence-corrected chi connectivity index (χ3v) is 4.03. The number of nitrogens with zero attached hydrogens (tertiary/aromatic N) is 3. The maximum atomic E-state index is 13.3. The summed E-state index contributed by atoms with van der Waals surface area (Å²) in [6.45, 7) is 0.387. The predicted octanol–water partition coefficient (Wildman–Crippen LogP) is 3.66. The van der Waals surface area contributed by atoms with Crippen molar-refractivity contribution in [1.82, 2.24) is 14.6 Å². The van der Waals surface area contributed by atoms with Crippen LogP contribution in [0, 0.1) is 5.82 Å². The lowest BCUT2D eigenvalue weighted by Crippen LogP contribution is -2.04. The lowest BCUT2D eigenvalue weighted by atomic mass is 10.0. The first-order valence-corrected chi connectivity index (χ1v) is 7.65. The number of aromatic nitrogens is 3. The summed E-state index contributed by atoms with van der Waals surface area (Å²) in [7, 11) is 0. The van der Waals surface area contributed by atoms with E-state index >= 15 is 0 Å². The topological polar surface area (TPSA) is 56.2 Å². The maximum absolute atomic E-state index is 13.3. The molecule has 0 aliphatic carbocycles. The summed E-state index contributed by atoms with van der Waals surface area (Å²) in [4.78, 5) is 4.09. The number of halogens is 1. The average molecular weight is 318 g/mol. The lowest BCUT2D eigenvalue weighted by molar-refractivity contribution is 0.628. The third-order valence-electron chi connectivity index (χ3n) is 4.03. The molecule has 0 amide bonds. The van der Waals surface area contributed by atoms with Gasteiger partial charge in [-0.1, -0.05) is 6.07 Å². The minimum atomic E-state index is -0.268. The van der Waals surface area contributed by atoms with Crippen LogP contribution >= 0.6 is 0 Å². The van der Waals surface area contributed by atoms with Crippen LogP contribution in [0.5, 0.6) is 0 Å². The highest BCUT2D eigenvalue weighted by molar-refractivity contribution is 5.92. The summed E-state index contributed by atoms with van der Waals surface area (Å²) in [5.41, 5.74) is 11.4. The summed E-state index contributed by atoms with van der Waals surface area (Å²) < 4.78 is 15.2. The second-order valence-electron chi connectivity index (χ2n) is 5.48. The van der Waals surface area contributed by atoms with Crippen LogP contribution in [0.25, 0.3) is 27.9 Å². The van der Waals surface area contributed by atoms with Crippen LogP contribution in [0.4, 0.5) is 4.39 Å². The molecular formula is C19H15FN4. The Morgan fingerprint density at radius 2 is 1.67 bits per heavy atom. The van der Waals surface area contributed by atoms with E-state index in [2.05, 4.69) is 4.98 Å². The van der Waals surface area contributed by atoms with E-state index in [1.54, 1.807) is 24.5 Å². The van der Waals surface area contributed by atoms with Gasteiger partial charge in [-0.05, 0) is 54.1 Å². The standard InChI is InChI=1S/C19H15FN4/c20-15-6-4-14(5-7-15)19-18(13-8-10-22-11-9-13)17-3-1-2-16(12-21)24(17)23-19/h1-11H,12,21H2. The van der Waals surface area contributed by atoms with Crippen LogP contribution in [0.3, 0.4) is 0 Å². The minimum absolute atomic E-state index is 0.268. The SMILES string of the molecule is NCc1cccc2c(-c3ccncc3)c(-c3ccc(F)cc3)nn12. The van der Waals surface area contributed by atoms with Gasteiger partial charge in [0.05, 0.1) is 11.2 Å². The van der Waals surface area contributed by atoms with E-state index in [4.69, 9.17) is 10.8 Å². The second-order valence-corrected chi connectivity index (χ2v) is 5.48. The van der Waals surface area contributed by atoms with Gasteiger partial charge in [0.2, 0.25) is 0 Å². The molecule has 3 aromatic heterocycles. The summed E-state index contributed by atoms with van der Waals surface area (Å²) >= 11 is 0. The molecule has 118 valence electrons. The van der Waals surface area contributed by atoms with Crippen molar-refractivity contribution in [2.75, 3.05) is 0 Å². The van der Waals surface area contributed by atoms with Gasteiger partial charge in [0.15, 0.2) is 0 Å². The molecule has 0 fully saturated rings. The molecule has 3 heterocycles. The zero-order chi connectivity index (χ0) is 16.5. The van der Waals surface area contributed by atoms with Gasteiger partial charge in [0.25, 0.3) is 0 Å². The van der Waals surface area contributed by atoms with Crippen LogP contribution in [-0.4, -0.2) is 14.6 Å². The number of rotatable bonds is 3. The van der Waals surface area contributed by atoms with Gasteiger partial charge in [-0.25, -0.2) is 8.91 Å². The second kappa shape index (κ2) is 5.86. The van der Waals surface area contributed by atoms with Crippen LogP contribution in [0.15, 0.2) is 67.0 Å². The number of pyridine rings is 2. The van der Waals surface area contributed by atoms with Crippen molar-refractivity contribution in [2.45, 2.75) is 6.54 Å². The quantitative estimate of drug-likeness (QED) is 0.627. The van der Waals surface area contributed by atoms with Gasteiger partial charge < -0.3 is 5.73 Å². The Morgan fingerprint density at radius 3 is 2.38 bits per heavy atom. The zero-order valence-electron chi connectivity index (χ0n) is 12.9. The zero-order valence-corrected chi connectivity index (χ0v) is 12.9. The van der Waals surface area contributed by atoms with E-state index in [1.165, 1.54) is 12.1 Å². The first-order valence-electron chi connectivity index (χ1n) is 7.65. The summed E-state index contributed by atoms with van der Waals surface area (Å²) in [5.74, 6) is -0.268. The van der Waals surface area contributed by atoms with Crippen molar-refractivity contribution in [1.29, 1.82) is 0 Å². The Balaban J connectivity index is 2.06. The molecule has 0 saturated heterocycles. The molecule has 0 aliphatic rings. The fraction of sp³-hybridized carbons (Fsp3) is 0.0526. The van der Waals surface area contributed by atoms with Crippen molar-refractivity contribution < 1.29 is 4.39 Å². The molecule has 0 bridgehead atoms. The molecule has 4 nitrogen and oxygen atoms in total. The van der Waals surface area contributed by atoms with Crippen LogP contribution < -0.4 is 5.73 Å². The van der Waals surface area contributed by atoms with Gasteiger partial charge in [0.1, 0.15) is 11.5 Å². The largest absolute Gasteiger partial charge is 0.325 e. The Kier molecular flexibility index (Phi) is 3.55. The number of benzene rings is 1. The van der Waals surface area contributed by atoms with Crippen molar-refractivity contribution in [2.24, 2.45) is 5.73 Å². The van der Waals surface area contributed by atoms with Crippen molar-refractivity contribution in [3.8, 4) is 22.4 Å². The van der Waals surface area contributed by atoms with E-state index in [0.29, 0.717) is 6.54 Å². The van der Waals surface area contributed by atoms with Gasteiger partial charge >= 0.3 is 0 Å². The highest BCUT2D eigenvalue weighted by atomic mass is 19.1. The highest BCUT2D eigenvalue weighted by Gasteiger charge is 2.17. The normalized spacial score (nSPS) is 11.1. The summed E-state index contributed by atoms with van der Waals surface area (Å²) in [6.07, 6.45) is 3.50. The fourth-order valence-electron chi connectivity index (χ4n) is 2.89. The average Bonchev–Trinajstić information content (AvgIpc) is 3.02. The lowest BCUT2D eigenvalue weighted by Gasteiger charge is -2.04. The molecule has 1 aromatic carbocycles. The molecule has 4 rings (SSSR count).